The fourth-order valence-electron chi connectivity index (χ4n) is 4.63. The summed E-state index contributed by atoms with van der Waals surface area (Å²) in [6, 6.07) is 15.2. The lowest BCUT2D eigenvalue weighted by Crippen LogP contribution is -2.03. The van der Waals surface area contributed by atoms with Crippen LogP contribution in [0, 0.1) is 0 Å². The highest BCUT2D eigenvalue weighted by atomic mass is 16.3. The highest BCUT2D eigenvalue weighted by Gasteiger charge is 2.27. The Hall–Kier alpha value is -5.90. The van der Waals surface area contributed by atoms with Crippen molar-refractivity contribution >= 4 is 21.9 Å². The summed E-state index contributed by atoms with van der Waals surface area (Å²) in [6.45, 7) is 0. The average molecular weight is 538 g/mol. The van der Waals surface area contributed by atoms with Gasteiger partial charge in [0.25, 0.3) is 0 Å². The number of phenols is 6. The molecule has 0 bridgehead atoms. The molecule has 0 atom stereocenters. The van der Waals surface area contributed by atoms with E-state index in [0.29, 0.717) is 5.56 Å². The molecule has 0 aliphatic carbocycles. The molecule has 4 aromatic carbocycles. The molecule has 0 saturated carbocycles. The lowest BCUT2D eigenvalue weighted by Gasteiger charge is -2.16. The second kappa shape index (κ2) is 8.84. The quantitative estimate of drug-likeness (QED) is 0.165. The minimum absolute atomic E-state index is 0.0117. The minimum atomic E-state index is -0.740. The third-order valence-electron chi connectivity index (χ3n) is 6.50. The molecule has 6 aromatic rings. The molecule has 6 N–H and O–H groups in total. The van der Waals surface area contributed by atoms with Crippen LogP contribution in [0.15, 0.2) is 91.2 Å². The molecule has 2 aromatic heterocycles. The monoisotopic (exact) mass is 538 g/mol. The number of hydrogen-bond donors (Lipinski definition) is 6. The first-order valence-electron chi connectivity index (χ1n) is 11.8. The van der Waals surface area contributed by atoms with Crippen molar-refractivity contribution in [2.45, 2.75) is 0 Å². The van der Waals surface area contributed by atoms with Crippen LogP contribution < -0.4 is 10.9 Å². The molecule has 0 aliphatic rings. The summed E-state index contributed by atoms with van der Waals surface area (Å²) >= 11 is 0. The first-order valence-corrected chi connectivity index (χ1v) is 11.8. The number of aromatic hydroxyl groups is 6. The maximum absolute atomic E-state index is 13.1. The van der Waals surface area contributed by atoms with Gasteiger partial charge in [-0.15, -0.1) is 0 Å². The molecule has 0 saturated heterocycles. The Bertz CT molecular complexity index is 2100. The topological polar surface area (TPSA) is 182 Å². The summed E-state index contributed by atoms with van der Waals surface area (Å²) in [4.78, 5) is 26.0. The van der Waals surface area contributed by atoms with E-state index in [0.717, 1.165) is 24.3 Å². The van der Waals surface area contributed by atoms with Gasteiger partial charge in [0.15, 0.2) is 27.9 Å². The van der Waals surface area contributed by atoms with Gasteiger partial charge in [-0.05, 0) is 48.5 Å². The molecule has 198 valence electrons. The number of rotatable bonds is 3. The van der Waals surface area contributed by atoms with Gasteiger partial charge in [-0.2, -0.15) is 0 Å². The van der Waals surface area contributed by atoms with E-state index in [-0.39, 0.29) is 61.6 Å². The zero-order chi connectivity index (χ0) is 28.3. The van der Waals surface area contributed by atoms with Crippen LogP contribution in [-0.2, 0) is 0 Å². The third kappa shape index (κ3) is 3.82. The number of hydrogen-bond acceptors (Lipinski definition) is 10. The van der Waals surface area contributed by atoms with E-state index in [1.807, 2.05) is 0 Å². The smallest absolute Gasteiger partial charge is 0.197 e. The summed E-state index contributed by atoms with van der Waals surface area (Å²) in [5.41, 5.74) is -1.63. The predicted molar refractivity (Wildman–Crippen MR) is 145 cm³/mol. The number of phenolic OH excluding ortho intramolecular Hbond substituents is 6. The molecule has 10 heteroatoms. The van der Waals surface area contributed by atoms with Crippen molar-refractivity contribution in [3.05, 3.63) is 93.2 Å². The van der Waals surface area contributed by atoms with Crippen LogP contribution in [0.3, 0.4) is 0 Å². The SMILES string of the molecule is O=c1cc(-c2ccc(O)c(O)c2-c2c(O)cc(O)c3c(=O)cc(-c4ccc(O)cc4)oc23)oc2cc(O)ccc12. The molecule has 0 aliphatic heterocycles. The van der Waals surface area contributed by atoms with Gasteiger partial charge >= 0.3 is 0 Å². The van der Waals surface area contributed by atoms with Gasteiger partial charge in [-0.3, -0.25) is 9.59 Å². The van der Waals surface area contributed by atoms with E-state index in [9.17, 15) is 40.2 Å². The third-order valence-corrected chi connectivity index (χ3v) is 6.50. The summed E-state index contributed by atoms with van der Waals surface area (Å²) in [6.07, 6.45) is 0. The van der Waals surface area contributed by atoms with Gasteiger partial charge < -0.3 is 39.5 Å². The standard InChI is InChI=1S/C30H18O10/c31-14-3-1-13(2-4-14)23-12-22(37)27-20(35)10-21(36)28(30(27)40-23)26-17(7-8-18(33)29(26)38)25-11-19(34)16-6-5-15(32)9-24(16)39-25/h1-12,31-33,35-36,38H. The Balaban J connectivity index is 1.72. The maximum Gasteiger partial charge on any atom is 0.197 e. The van der Waals surface area contributed by atoms with Crippen LogP contribution in [0.4, 0.5) is 0 Å². The molecule has 0 spiro atoms. The highest BCUT2D eigenvalue weighted by Crippen LogP contribution is 2.50. The fourth-order valence-corrected chi connectivity index (χ4v) is 4.63. The molecule has 0 radical (unpaired) electrons. The Morgan fingerprint density at radius 3 is 2.00 bits per heavy atom. The van der Waals surface area contributed by atoms with Crippen molar-refractivity contribution < 1.29 is 39.5 Å². The van der Waals surface area contributed by atoms with Crippen molar-refractivity contribution in [1.82, 2.24) is 0 Å². The van der Waals surface area contributed by atoms with Crippen molar-refractivity contribution in [3.8, 4) is 68.3 Å². The van der Waals surface area contributed by atoms with E-state index in [1.165, 1.54) is 48.5 Å². The van der Waals surface area contributed by atoms with E-state index >= 15 is 0 Å². The summed E-state index contributed by atoms with van der Waals surface area (Å²) < 4.78 is 11.9. The molecule has 0 fully saturated rings. The summed E-state index contributed by atoms with van der Waals surface area (Å²) in [5.74, 6) is -2.85. The molecule has 2 heterocycles. The minimum Gasteiger partial charge on any atom is -0.508 e. The van der Waals surface area contributed by atoms with Crippen molar-refractivity contribution in [2.75, 3.05) is 0 Å². The van der Waals surface area contributed by atoms with Gasteiger partial charge in [0.05, 0.1) is 10.9 Å². The van der Waals surface area contributed by atoms with Crippen molar-refractivity contribution in [3.63, 3.8) is 0 Å². The molecular weight excluding hydrogens is 520 g/mol. The largest absolute Gasteiger partial charge is 0.508 e. The van der Waals surface area contributed by atoms with Gasteiger partial charge in [-0.25, -0.2) is 0 Å². The predicted octanol–water partition coefficient (Wildman–Crippen LogP) is 5.13. The molecular formula is C30H18O10. The Kier molecular flexibility index (Phi) is 5.40. The fraction of sp³-hybridized carbons (Fsp3) is 0. The maximum atomic E-state index is 13.1. The van der Waals surface area contributed by atoms with Crippen LogP contribution in [-0.4, -0.2) is 30.6 Å². The van der Waals surface area contributed by atoms with Crippen molar-refractivity contribution in [2.24, 2.45) is 0 Å². The lowest BCUT2D eigenvalue weighted by molar-refractivity contribution is 0.404. The molecule has 40 heavy (non-hydrogen) atoms. The van der Waals surface area contributed by atoms with Crippen LogP contribution in [0.5, 0.6) is 34.5 Å². The van der Waals surface area contributed by atoms with Gasteiger partial charge in [0.2, 0.25) is 0 Å². The average Bonchev–Trinajstić information content (AvgIpc) is 2.90. The molecule has 6 rings (SSSR count). The Morgan fingerprint density at radius 1 is 0.550 bits per heavy atom. The van der Waals surface area contributed by atoms with Crippen LogP contribution in [0.1, 0.15) is 0 Å². The Morgan fingerprint density at radius 2 is 1.25 bits per heavy atom. The normalized spacial score (nSPS) is 11.3. The first kappa shape index (κ1) is 24.4. The second-order valence-electron chi connectivity index (χ2n) is 9.03. The van der Waals surface area contributed by atoms with Gasteiger partial charge in [0, 0.05) is 41.0 Å². The van der Waals surface area contributed by atoms with Gasteiger partial charge in [-0.1, -0.05) is 0 Å². The molecule has 10 nitrogen and oxygen atoms in total. The zero-order valence-corrected chi connectivity index (χ0v) is 20.2. The van der Waals surface area contributed by atoms with Crippen LogP contribution >= 0.6 is 0 Å². The van der Waals surface area contributed by atoms with Crippen LogP contribution in [0.25, 0.3) is 55.7 Å². The highest BCUT2D eigenvalue weighted by molar-refractivity contribution is 6.04. The second-order valence-corrected chi connectivity index (χ2v) is 9.03. The lowest BCUT2D eigenvalue weighted by atomic mass is 9.93. The van der Waals surface area contributed by atoms with Crippen LogP contribution in [0.2, 0.25) is 0 Å². The van der Waals surface area contributed by atoms with E-state index in [1.54, 1.807) is 0 Å². The molecule has 0 amide bonds. The van der Waals surface area contributed by atoms with Gasteiger partial charge in [0.1, 0.15) is 45.5 Å². The number of fused-ring (bicyclic) bond motifs is 2. The summed E-state index contributed by atoms with van der Waals surface area (Å²) in [7, 11) is 0. The van der Waals surface area contributed by atoms with E-state index in [2.05, 4.69) is 0 Å². The van der Waals surface area contributed by atoms with E-state index in [4.69, 9.17) is 8.83 Å². The first-order chi connectivity index (χ1) is 19.1. The Labute approximate surface area is 223 Å². The number of benzene rings is 4. The van der Waals surface area contributed by atoms with E-state index < -0.39 is 33.9 Å². The zero-order valence-electron chi connectivity index (χ0n) is 20.2. The summed E-state index contributed by atoms with van der Waals surface area (Å²) in [5, 5.41) is 62.4. The molecule has 0 unspecified atom stereocenters. The van der Waals surface area contributed by atoms with Crippen molar-refractivity contribution in [1.29, 1.82) is 0 Å².